The van der Waals surface area contributed by atoms with E-state index in [1.54, 1.807) is 13.8 Å². The lowest BCUT2D eigenvalue weighted by molar-refractivity contribution is -0.143. The Hall–Kier alpha value is -3.34. The van der Waals surface area contributed by atoms with Crippen LogP contribution in [0.15, 0.2) is 0 Å². The Bertz CT molecular complexity index is 917. The van der Waals surface area contributed by atoms with Gasteiger partial charge in [-0.25, -0.2) is 4.79 Å². The van der Waals surface area contributed by atoms with Crippen molar-refractivity contribution in [3.63, 3.8) is 0 Å². The fourth-order valence-electron chi connectivity index (χ4n) is 4.06. The van der Waals surface area contributed by atoms with Crippen molar-refractivity contribution in [1.29, 1.82) is 0 Å². The number of carbonyl (C=O) groups excluding carboxylic acids is 4. The Morgan fingerprint density at radius 3 is 1.37 bits per heavy atom. The third kappa shape index (κ3) is 16.8. The second-order valence-corrected chi connectivity index (χ2v) is 11.0. The van der Waals surface area contributed by atoms with Gasteiger partial charge in [0.05, 0.1) is 6.10 Å². The van der Waals surface area contributed by atoms with Gasteiger partial charge in [-0.3, -0.25) is 24.0 Å². The summed E-state index contributed by atoms with van der Waals surface area (Å²) in [5, 5.41) is 38.2. The van der Waals surface area contributed by atoms with Crippen LogP contribution in [0.1, 0.15) is 78.6 Å². The van der Waals surface area contributed by atoms with E-state index in [9.17, 15) is 39.0 Å². The summed E-state index contributed by atoms with van der Waals surface area (Å²) >= 11 is 0. The second kappa shape index (κ2) is 21.4. The number of aliphatic carboxylic acids is 2. The van der Waals surface area contributed by atoms with Crippen molar-refractivity contribution >= 4 is 35.6 Å². The zero-order valence-electron chi connectivity index (χ0n) is 25.3. The third-order valence-corrected chi connectivity index (χ3v) is 6.58. The van der Waals surface area contributed by atoms with Gasteiger partial charge >= 0.3 is 11.9 Å². The number of rotatable bonds is 23. The summed E-state index contributed by atoms with van der Waals surface area (Å²) in [7, 11) is 0. The quantitative estimate of drug-likeness (QED) is 0.0551. The largest absolute Gasteiger partial charge is 0.481 e. The predicted octanol–water partition coefficient (Wildman–Crippen LogP) is -2.11. The lowest BCUT2D eigenvalue weighted by Gasteiger charge is -2.27. The van der Waals surface area contributed by atoms with Crippen molar-refractivity contribution in [3.05, 3.63) is 0 Å². The molecule has 0 saturated carbocycles. The molecule has 0 rings (SSSR count). The molecule has 0 aromatic rings. The molecular formula is C27H51N7O9. The number of hydrogen-bond donors (Lipinski definition) is 10. The minimum atomic E-state index is -1.41. The first-order valence-corrected chi connectivity index (χ1v) is 14.6. The molecule has 0 heterocycles. The van der Waals surface area contributed by atoms with Crippen LogP contribution >= 0.6 is 0 Å². The Morgan fingerprint density at radius 1 is 0.628 bits per heavy atom. The molecule has 16 nitrogen and oxygen atoms in total. The predicted molar refractivity (Wildman–Crippen MR) is 157 cm³/mol. The van der Waals surface area contributed by atoms with Gasteiger partial charge in [0.25, 0.3) is 0 Å². The van der Waals surface area contributed by atoms with Gasteiger partial charge in [-0.15, -0.1) is 0 Å². The van der Waals surface area contributed by atoms with E-state index in [-0.39, 0.29) is 31.6 Å². The van der Waals surface area contributed by atoms with Gasteiger partial charge in [-0.05, 0) is 77.3 Å². The zero-order valence-corrected chi connectivity index (χ0v) is 25.3. The topological polar surface area (TPSA) is 289 Å². The smallest absolute Gasteiger partial charge is 0.326 e. The number of nitrogens with two attached hydrogens (primary N) is 3. The van der Waals surface area contributed by atoms with E-state index in [2.05, 4.69) is 21.3 Å². The molecule has 0 aromatic heterocycles. The molecule has 0 radical (unpaired) electrons. The molecule has 0 saturated heterocycles. The SMILES string of the molecule is CC(C)C[C@H](NC(=O)[C@H](CCC(=O)O)NC(=O)[C@H](CCCCN)NC(=O)[C@H](CCCCN)NC(=O)[C@@H](N)[C@@H](C)O)C(=O)O. The highest BCUT2D eigenvalue weighted by Crippen LogP contribution is 2.09. The number of aliphatic hydroxyl groups excluding tert-OH is 1. The van der Waals surface area contributed by atoms with Crippen molar-refractivity contribution in [2.24, 2.45) is 23.1 Å². The van der Waals surface area contributed by atoms with E-state index >= 15 is 0 Å². The van der Waals surface area contributed by atoms with Gasteiger partial charge in [-0.2, -0.15) is 0 Å². The van der Waals surface area contributed by atoms with E-state index in [4.69, 9.17) is 22.3 Å². The second-order valence-electron chi connectivity index (χ2n) is 11.0. The highest BCUT2D eigenvalue weighted by molar-refractivity contribution is 5.95. The zero-order chi connectivity index (χ0) is 33.1. The summed E-state index contributed by atoms with van der Waals surface area (Å²) in [6, 6.07) is -6.29. The molecule has 16 heteroatoms. The molecule has 0 unspecified atom stereocenters. The lowest BCUT2D eigenvalue weighted by atomic mass is 10.0. The first kappa shape index (κ1) is 39.7. The van der Waals surface area contributed by atoms with E-state index in [0.29, 0.717) is 38.8 Å². The minimum absolute atomic E-state index is 0.0796. The minimum Gasteiger partial charge on any atom is -0.481 e. The van der Waals surface area contributed by atoms with Crippen molar-refractivity contribution < 1.29 is 44.1 Å². The standard InChI is InChI=1S/C27H51N7O9/c1-15(2)14-20(27(42)43)34-25(40)19(10-11-21(36)37)32-23(38)17(8-4-6-12-28)31-24(39)18(9-5-7-13-29)33-26(41)22(30)16(3)35/h15-20,22,35H,4-14,28-30H2,1-3H3,(H,31,39)(H,32,38)(H,33,41)(H,34,40)(H,36,37)(H,42,43)/t16-,17+,18+,19+,20+,22+/m1/s1. The van der Waals surface area contributed by atoms with Crippen molar-refractivity contribution in [1.82, 2.24) is 21.3 Å². The van der Waals surface area contributed by atoms with Crippen LogP contribution < -0.4 is 38.5 Å². The summed E-state index contributed by atoms with van der Waals surface area (Å²) in [5.74, 6) is -5.77. The Morgan fingerprint density at radius 2 is 1.02 bits per heavy atom. The number of unbranched alkanes of at least 4 members (excludes halogenated alkanes) is 2. The first-order valence-electron chi connectivity index (χ1n) is 14.6. The van der Waals surface area contributed by atoms with Crippen LogP contribution in [0.5, 0.6) is 0 Å². The van der Waals surface area contributed by atoms with E-state index < -0.39 is 78.3 Å². The van der Waals surface area contributed by atoms with E-state index in [0.717, 1.165) is 0 Å². The summed E-state index contributed by atoms with van der Waals surface area (Å²) in [6.45, 7) is 5.52. The van der Waals surface area contributed by atoms with E-state index in [1.807, 2.05) is 0 Å². The molecular weight excluding hydrogens is 566 g/mol. The molecule has 248 valence electrons. The molecule has 6 atom stereocenters. The van der Waals surface area contributed by atoms with Crippen LogP contribution in [0.4, 0.5) is 0 Å². The number of hydrogen-bond acceptors (Lipinski definition) is 10. The van der Waals surface area contributed by atoms with Crippen LogP contribution in [0.3, 0.4) is 0 Å². The van der Waals surface area contributed by atoms with Crippen molar-refractivity contribution in [3.8, 4) is 0 Å². The molecule has 43 heavy (non-hydrogen) atoms. The summed E-state index contributed by atoms with van der Waals surface area (Å²) in [5.41, 5.74) is 16.8. The number of carboxylic acids is 2. The van der Waals surface area contributed by atoms with Gasteiger partial charge in [0.1, 0.15) is 30.2 Å². The number of carboxylic acid groups (broad SMARTS) is 2. The molecule has 0 aliphatic heterocycles. The van der Waals surface area contributed by atoms with Crippen LogP contribution in [0.25, 0.3) is 0 Å². The Balaban J connectivity index is 5.97. The summed E-state index contributed by atoms with van der Waals surface area (Å²) in [4.78, 5) is 75.0. The average molecular weight is 618 g/mol. The molecule has 0 fully saturated rings. The van der Waals surface area contributed by atoms with Crippen LogP contribution in [-0.2, 0) is 28.8 Å². The molecule has 13 N–H and O–H groups in total. The van der Waals surface area contributed by atoms with Gasteiger partial charge in [-0.1, -0.05) is 13.8 Å². The number of amides is 4. The molecule has 4 amide bonds. The maximum atomic E-state index is 13.4. The van der Waals surface area contributed by atoms with Gasteiger partial charge in [0.2, 0.25) is 23.6 Å². The van der Waals surface area contributed by atoms with Gasteiger partial charge < -0.3 is 53.8 Å². The fraction of sp³-hybridized carbons (Fsp3) is 0.778. The maximum absolute atomic E-state index is 13.4. The van der Waals surface area contributed by atoms with Crippen LogP contribution in [-0.4, -0.2) is 100 Å². The number of carbonyl (C=O) groups is 6. The molecule has 0 aliphatic carbocycles. The first-order chi connectivity index (χ1) is 20.1. The van der Waals surface area contributed by atoms with Crippen molar-refractivity contribution in [2.45, 2.75) is 115 Å². The van der Waals surface area contributed by atoms with Gasteiger partial charge in [0, 0.05) is 6.42 Å². The summed E-state index contributed by atoms with van der Waals surface area (Å²) < 4.78 is 0. The highest BCUT2D eigenvalue weighted by atomic mass is 16.4. The van der Waals surface area contributed by atoms with Crippen molar-refractivity contribution in [2.75, 3.05) is 13.1 Å². The lowest BCUT2D eigenvalue weighted by Crippen LogP contribution is -2.59. The Labute approximate surface area is 252 Å². The monoisotopic (exact) mass is 617 g/mol. The maximum Gasteiger partial charge on any atom is 0.326 e. The van der Waals surface area contributed by atoms with Crippen LogP contribution in [0, 0.1) is 5.92 Å². The average Bonchev–Trinajstić information content (AvgIpc) is 2.92. The summed E-state index contributed by atoms with van der Waals surface area (Å²) in [6.07, 6.45) is 0.289. The number of nitrogens with one attached hydrogen (secondary N) is 4. The molecule has 0 aromatic carbocycles. The Kier molecular flexibility index (Phi) is 19.7. The molecule has 0 spiro atoms. The third-order valence-electron chi connectivity index (χ3n) is 6.58. The number of aliphatic hydroxyl groups is 1. The van der Waals surface area contributed by atoms with Crippen LogP contribution in [0.2, 0.25) is 0 Å². The fourth-order valence-corrected chi connectivity index (χ4v) is 4.06. The van der Waals surface area contributed by atoms with E-state index in [1.165, 1.54) is 6.92 Å². The highest BCUT2D eigenvalue weighted by Gasteiger charge is 2.32. The molecule has 0 bridgehead atoms. The molecule has 0 aliphatic rings. The normalized spacial score (nSPS) is 15.3. The van der Waals surface area contributed by atoms with Gasteiger partial charge in [0.15, 0.2) is 0 Å².